The van der Waals surface area contributed by atoms with E-state index in [0.29, 0.717) is 11.7 Å². The van der Waals surface area contributed by atoms with Gasteiger partial charge in [-0.2, -0.15) is 0 Å². The Balaban J connectivity index is 1.66. The van der Waals surface area contributed by atoms with Crippen molar-refractivity contribution in [2.75, 3.05) is 5.32 Å². The molecule has 2 aromatic heterocycles. The minimum Gasteiger partial charge on any atom is -0.325 e. The molecule has 1 aromatic carbocycles. The quantitative estimate of drug-likeness (QED) is 0.669. The molecule has 0 saturated heterocycles. The predicted octanol–water partition coefficient (Wildman–Crippen LogP) is 3.52. The van der Waals surface area contributed by atoms with Gasteiger partial charge >= 0.3 is 0 Å². The third kappa shape index (κ3) is 4.46. The molecule has 0 aliphatic rings. The van der Waals surface area contributed by atoms with Crippen LogP contribution in [0.2, 0.25) is 0 Å². The van der Waals surface area contributed by atoms with Gasteiger partial charge in [0.1, 0.15) is 0 Å². The zero-order chi connectivity index (χ0) is 17.8. The van der Waals surface area contributed by atoms with E-state index in [1.807, 2.05) is 56.5 Å². The minimum absolute atomic E-state index is 0.0654. The number of aryl methyl sites for hydroxylation is 2. The Hall–Kier alpha value is -2.19. The summed E-state index contributed by atoms with van der Waals surface area (Å²) in [6.45, 7) is 6.45. The molecular weight excluding hydrogens is 354 g/mol. The zero-order valence-corrected chi connectivity index (χ0v) is 15.9. The molecule has 0 saturated carbocycles. The van der Waals surface area contributed by atoms with Gasteiger partial charge in [0.15, 0.2) is 0 Å². The molecule has 25 heavy (non-hydrogen) atoms. The number of thiophene rings is 1. The number of hydrogen-bond acceptors (Lipinski definition) is 6. The molecule has 8 heteroatoms. The Morgan fingerprint density at radius 3 is 2.96 bits per heavy atom. The molecule has 1 amide bonds. The van der Waals surface area contributed by atoms with Crippen molar-refractivity contribution < 1.29 is 4.79 Å². The second-order valence-corrected chi connectivity index (χ2v) is 8.11. The van der Waals surface area contributed by atoms with E-state index in [0.717, 1.165) is 16.8 Å². The van der Waals surface area contributed by atoms with Crippen molar-refractivity contribution in [1.29, 1.82) is 0 Å². The van der Waals surface area contributed by atoms with E-state index in [9.17, 15) is 4.79 Å². The standard InChI is InChI=1S/C17H19N5OS2/c1-11-6-7-12(2)15(9-11)18-16(23)13(3)25-17-19-20-21-22(17)10-14-5-4-8-24-14/h4-9,13H,10H2,1-3H3,(H,18,23). The molecule has 0 aliphatic carbocycles. The fourth-order valence-electron chi connectivity index (χ4n) is 2.25. The third-order valence-corrected chi connectivity index (χ3v) is 5.62. The number of nitrogens with one attached hydrogen (secondary N) is 1. The van der Waals surface area contributed by atoms with Gasteiger partial charge in [-0.25, -0.2) is 4.68 Å². The van der Waals surface area contributed by atoms with E-state index in [1.165, 1.54) is 16.6 Å². The van der Waals surface area contributed by atoms with Gasteiger partial charge in [0, 0.05) is 10.6 Å². The Kier molecular flexibility index (Phi) is 5.50. The summed E-state index contributed by atoms with van der Waals surface area (Å²) < 4.78 is 1.72. The molecule has 6 nitrogen and oxygen atoms in total. The summed E-state index contributed by atoms with van der Waals surface area (Å²) in [4.78, 5) is 13.7. The number of carbonyl (C=O) groups is 1. The number of amides is 1. The van der Waals surface area contributed by atoms with Crippen LogP contribution in [0.25, 0.3) is 0 Å². The van der Waals surface area contributed by atoms with Crippen molar-refractivity contribution >= 4 is 34.7 Å². The van der Waals surface area contributed by atoms with E-state index < -0.39 is 0 Å². The number of hydrogen-bond donors (Lipinski definition) is 1. The van der Waals surface area contributed by atoms with Gasteiger partial charge in [-0.1, -0.05) is 30.0 Å². The first-order chi connectivity index (χ1) is 12.0. The van der Waals surface area contributed by atoms with E-state index in [4.69, 9.17) is 0 Å². The van der Waals surface area contributed by atoms with Crippen LogP contribution in [0, 0.1) is 13.8 Å². The van der Waals surface area contributed by atoms with Gasteiger partial charge < -0.3 is 5.32 Å². The van der Waals surface area contributed by atoms with E-state index >= 15 is 0 Å². The minimum atomic E-state index is -0.312. The molecule has 1 unspecified atom stereocenters. The average Bonchev–Trinajstić information content (AvgIpc) is 3.24. The lowest BCUT2D eigenvalue weighted by molar-refractivity contribution is -0.115. The molecule has 130 valence electrons. The number of anilines is 1. The first-order valence-corrected chi connectivity index (χ1v) is 9.62. The van der Waals surface area contributed by atoms with Gasteiger partial charge in [-0.05, 0) is 59.8 Å². The summed E-state index contributed by atoms with van der Waals surface area (Å²) in [6.07, 6.45) is 0. The highest BCUT2D eigenvalue weighted by Crippen LogP contribution is 2.24. The number of benzene rings is 1. The molecule has 1 atom stereocenters. The maximum Gasteiger partial charge on any atom is 0.237 e. The summed E-state index contributed by atoms with van der Waals surface area (Å²) in [5, 5.41) is 17.1. The normalized spacial score (nSPS) is 12.1. The molecule has 3 aromatic rings. The molecular formula is C17H19N5OS2. The number of nitrogens with zero attached hydrogens (tertiary/aromatic N) is 4. The second-order valence-electron chi connectivity index (χ2n) is 5.77. The first-order valence-electron chi connectivity index (χ1n) is 7.86. The number of carbonyl (C=O) groups excluding carboxylic acids is 1. The topological polar surface area (TPSA) is 72.7 Å². The Labute approximate surface area is 154 Å². The summed E-state index contributed by atoms with van der Waals surface area (Å²) >= 11 is 3.01. The van der Waals surface area contributed by atoms with Crippen molar-refractivity contribution in [2.24, 2.45) is 0 Å². The first kappa shape index (κ1) is 17.6. The van der Waals surface area contributed by atoms with Crippen molar-refractivity contribution in [1.82, 2.24) is 20.2 Å². The van der Waals surface area contributed by atoms with Crippen LogP contribution >= 0.6 is 23.1 Å². The SMILES string of the molecule is Cc1ccc(C)c(NC(=O)C(C)Sc2nnnn2Cc2cccs2)c1. The van der Waals surface area contributed by atoms with Crippen LogP contribution in [0.4, 0.5) is 5.69 Å². The highest BCUT2D eigenvalue weighted by Gasteiger charge is 2.19. The second kappa shape index (κ2) is 7.79. The molecule has 0 radical (unpaired) electrons. The van der Waals surface area contributed by atoms with Crippen LogP contribution in [0.5, 0.6) is 0 Å². The van der Waals surface area contributed by atoms with E-state index in [-0.39, 0.29) is 11.2 Å². The zero-order valence-electron chi connectivity index (χ0n) is 14.3. The molecule has 3 rings (SSSR count). The van der Waals surface area contributed by atoms with Crippen molar-refractivity contribution in [3.63, 3.8) is 0 Å². The lowest BCUT2D eigenvalue weighted by Crippen LogP contribution is -2.23. The number of thioether (sulfide) groups is 1. The molecule has 1 N–H and O–H groups in total. The van der Waals surface area contributed by atoms with Crippen LogP contribution in [0.15, 0.2) is 40.9 Å². The van der Waals surface area contributed by atoms with Gasteiger partial charge in [-0.15, -0.1) is 16.4 Å². The molecule has 0 spiro atoms. The monoisotopic (exact) mass is 373 g/mol. The lowest BCUT2D eigenvalue weighted by Gasteiger charge is -2.13. The van der Waals surface area contributed by atoms with Gasteiger partial charge in [0.05, 0.1) is 11.8 Å². The van der Waals surface area contributed by atoms with Crippen molar-refractivity contribution in [2.45, 2.75) is 37.7 Å². The van der Waals surface area contributed by atoms with Gasteiger partial charge in [0.25, 0.3) is 0 Å². The van der Waals surface area contributed by atoms with Crippen molar-refractivity contribution in [3.05, 3.63) is 51.7 Å². The van der Waals surface area contributed by atoms with E-state index in [1.54, 1.807) is 16.0 Å². The summed E-state index contributed by atoms with van der Waals surface area (Å²) in [7, 11) is 0. The summed E-state index contributed by atoms with van der Waals surface area (Å²) in [6, 6.07) is 10.0. The van der Waals surface area contributed by atoms with E-state index in [2.05, 4.69) is 20.8 Å². The van der Waals surface area contributed by atoms with Crippen LogP contribution in [0.1, 0.15) is 22.9 Å². The largest absolute Gasteiger partial charge is 0.325 e. The maximum atomic E-state index is 12.5. The Morgan fingerprint density at radius 1 is 1.36 bits per heavy atom. The molecule has 0 bridgehead atoms. The smallest absolute Gasteiger partial charge is 0.237 e. The lowest BCUT2D eigenvalue weighted by atomic mass is 10.1. The van der Waals surface area contributed by atoms with Crippen LogP contribution in [0.3, 0.4) is 0 Å². The molecule has 0 fully saturated rings. The van der Waals surface area contributed by atoms with Gasteiger partial charge in [0.2, 0.25) is 11.1 Å². The number of rotatable bonds is 6. The molecule has 2 heterocycles. The van der Waals surface area contributed by atoms with Crippen LogP contribution in [-0.2, 0) is 11.3 Å². The maximum absolute atomic E-state index is 12.5. The predicted molar refractivity (Wildman–Crippen MR) is 101 cm³/mol. The Morgan fingerprint density at radius 2 is 2.20 bits per heavy atom. The molecule has 0 aliphatic heterocycles. The summed E-state index contributed by atoms with van der Waals surface area (Å²) in [5.41, 5.74) is 3.00. The number of tetrazole rings is 1. The third-order valence-electron chi connectivity index (χ3n) is 3.69. The highest BCUT2D eigenvalue weighted by molar-refractivity contribution is 8.00. The summed E-state index contributed by atoms with van der Waals surface area (Å²) in [5.74, 6) is -0.0654. The Bertz CT molecular complexity index is 860. The van der Waals surface area contributed by atoms with Crippen molar-refractivity contribution in [3.8, 4) is 0 Å². The number of aromatic nitrogens is 4. The van der Waals surface area contributed by atoms with Crippen LogP contribution in [-0.4, -0.2) is 31.4 Å². The average molecular weight is 374 g/mol. The fraction of sp³-hybridized carbons (Fsp3) is 0.294. The van der Waals surface area contributed by atoms with Crippen LogP contribution < -0.4 is 5.32 Å². The van der Waals surface area contributed by atoms with Gasteiger partial charge in [-0.3, -0.25) is 4.79 Å². The highest BCUT2D eigenvalue weighted by atomic mass is 32.2. The fourth-order valence-corrected chi connectivity index (χ4v) is 3.72.